The van der Waals surface area contributed by atoms with E-state index in [9.17, 15) is 8.42 Å². The van der Waals surface area contributed by atoms with E-state index in [1.54, 1.807) is 4.31 Å². The van der Waals surface area contributed by atoms with Gasteiger partial charge in [-0.05, 0) is 26.2 Å². The minimum absolute atomic E-state index is 0.0490. The van der Waals surface area contributed by atoms with Crippen molar-refractivity contribution in [2.45, 2.75) is 44.2 Å². The summed E-state index contributed by atoms with van der Waals surface area (Å²) >= 11 is 0. The summed E-state index contributed by atoms with van der Waals surface area (Å²) < 4.78 is 30.8. The smallest absolute Gasteiger partial charge is 0.211 e. The summed E-state index contributed by atoms with van der Waals surface area (Å²) in [5.74, 6) is 0. The fourth-order valence-electron chi connectivity index (χ4n) is 3.62. The molecule has 6 nitrogen and oxygen atoms in total. The molecule has 2 rings (SSSR count). The zero-order chi connectivity index (χ0) is 15.7. The first-order valence-corrected chi connectivity index (χ1v) is 9.64. The normalized spacial score (nSPS) is 36.8. The van der Waals surface area contributed by atoms with E-state index in [-0.39, 0.29) is 11.1 Å². The van der Waals surface area contributed by atoms with Crippen LogP contribution in [0.2, 0.25) is 0 Å². The fraction of sp³-hybridized carbons (Fsp3) is 1.00. The van der Waals surface area contributed by atoms with Crippen LogP contribution in [0.4, 0.5) is 0 Å². The van der Waals surface area contributed by atoms with E-state index >= 15 is 0 Å². The number of ether oxygens (including phenoxy) is 1. The molecule has 21 heavy (non-hydrogen) atoms. The van der Waals surface area contributed by atoms with Crippen molar-refractivity contribution >= 4 is 10.0 Å². The Balaban J connectivity index is 2.09. The molecule has 2 saturated heterocycles. The van der Waals surface area contributed by atoms with Crippen molar-refractivity contribution in [1.29, 1.82) is 0 Å². The third kappa shape index (κ3) is 3.59. The first-order valence-electron chi connectivity index (χ1n) is 7.79. The lowest BCUT2D eigenvalue weighted by atomic mass is 9.77. The van der Waals surface area contributed by atoms with E-state index < -0.39 is 10.0 Å². The molecule has 0 amide bonds. The van der Waals surface area contributed by atoms with Gasteiger partial charge in [0, 0.05) is 44.9 Å². The monoisotopic (exact) mass is 319 g/mol. The maximum Gasteiger partial charge on any atom is 0.211 e. The van der Waals surface area contributed by atoms with Crippen LogP contribution in [0.5, 0.6) is 0 Å². The third-order valence-corrected chi connectivity index (χ3v) is 6.53. The van der Waals surface area contributed by atoms with Crippen molar-refractivity contribution in [3.63, 3.8) is 0 Å². The Morgan fingerprint density at radius 1 is 1.24 bits per heavy atom. The molecule has 2 atom stereocenters. The first-order chi connectivity index (χ1) is 9.75. The molecule has 0 aromatic carbocycles. The topological polar surface area (TPSA) is 75.9 Å². The minimum Gasteiger partial charge on any atom is -0.375 e. The average Bonchev–Trinajstić information content (AvgIpc) is 2.46. The van der Waals surface area contributed by atoms with Gasteiger partial charge in [0.1, 0.15) is 0 Å². The Labute approximate surface area is 128 Å². The lowest BCUT2D eigenvalue weighted by molar-refractivity contribution is -0.132. The summed E-state index contributed by atoms with van der Waals surface area (Å²) in [5, 5.41) is 0. The molecule has 2 N–H and O–H groups in total. The maximum atomic E-state index is 11.6. The highest BCUT2D eigenvalue weighted by atomic mass is 32.2. The van der Waals surface area contributed by atoms with Gasteiger partial charge in [0.15, 0.2) is 0 Å². The largest absolute Gasteiger partial charge is 0.375 e. The SMILES string of the molecule is CCC1(C)CC(CN)(N2CCN(S(C)(=O)=O)CC2)CCO1. The fourth-order valence-corrected chi connectivity index (χ4v) is 4.44. The van der Waals surface area contributed by atoms with Gasteiger partial charge < -0.3 is 10.5 Å². The number of hydrogen-bond acceptors (Lipinski definition) is 5. The van der Waals surface area contributed by atoms with Crippen molar-refractivity contribution in [2.75, 3.05) is 45.6 Å². The molecule has 2 aliphatic rings. The molecule has 7 heteroatoms. The molecule has 0 radical (unpaired) electrons. The molecular formula is C14H29N3O3S. The Kier molecular flexibility index (Phi) is 5.00. The van der Waals surface area contributed by atoms with Crippen LogP contribution in [0.15, 0.2) is 0 Å². The zero-order valence-electron chi connectivity index (χ0n) is 13.5. The number of sulfonamides is 1. The van der Waals surface area contributed by atoms with E-state index in [0.29, 0.717) is 19.6 Å². The van der Waals surface area contributed by atoms with Gasteiger partial charge in [-0.3, -0.25) is 4.90 Å². The van der Waals surface area contributed by atoms with Gasteiger partial charge in [-0.2, -0.15) is 4.31 Å². The second kappa shape index (κ2) is 6.12. The van der Waals surface area contributed by atoms with Gasteiger partial charge in [-0.15, -0.1) is 0 Å². The highest BCUT2D eigenvalue weighted by Crippen LogP contribution is 2.38. The highest BCUT2D eigenvalue weighted by Gasteiger charge is 2.46. The molecule has 2 aliphatic heterocycles. The predicted molar refractivity (Wildman–Crippen MR) is 83.7 cm³/mol. The molecule has 2 fully saturated rings. The van der Waals surface area contributed by atoms with Crippen LogP contribution in [-0.4, -0.2) is 74.3 Å². The number of nitrogens with zero attached hydrogens (tertiary/aromatic N) is 2. The highest BCUT2D eigenvalue weighted by molar-refractivity contribution is 7.88. The quantitative estimate of drug-likeness (QED) is 0.803. The van der Waals surface area contributed by atoms with Gasteiger partial charge in [-0.1, -0.05) is 6.92 Å². The van der Waals surface area contributed by atoms with Crippen LogP contribution in [-0.2, 0) is 14.8 Å². The standard InChI is InChI=1S/C14H29N3O3S/c1-4-13(2)11-14(12-15,5-10-20-13)16-6-8-17(9-7-16)21(3,18)19/h4-12,15H2,1-3H3. The van der Waals surface area contributed by atoms with Gasteiger partial charge in [-0.25, -0.2) is 8.42 Å². The number of nitrogens with two attached hydrogens (primary N) is 1. The van der Waals surface area contributed by atoms with Crippen molar-refractivity contribution in [3.05, 3.63) is 0 Å². The van der Waals surface area contributed by atoms with Crippen molar-refractivity contribution in [3.8, 4) is 0 Å². The van der Waals surface area contributed by atoms with Crippen molar-refractivity contribution in [2.24, 2.45) is 5.73 Å². The summed E-state index contributed by atoms with van der Waals surface area (Å²) in [6.07, 6.45) is 4.10. The van der Waals surface area contributed by atoms with E-state index in [4.69, 9.17) is 10.5 Å². The van der Waals surface area contributed by atoms with E-state index in [1.807, 2.05) is 0 Å². The minimum atomic E-state index is -3.08. The maximum absolute atomic E-state index is 11.6. The van der Waals surface area contributed by atoms with Crippen LogP contribution in [0.25, 0.3) is 0 Å². The molecular weight excluding hydrogens is 290 g/mol. The number of hydrogen-bond donors (Lipinski definition) is 1. The Hall–Kier alpha value is -0.210. The van der Waals surface area contributed by atoms with Crippen LogP contribution < -0.4 is 5.73 Å². The molecule has 0 saturated carbocycles. The van der Waals surface area contributed by atoms with Gasteiger partial charge in [0.05, 0.1) is 11.9 Å². The summed E-state index contributed by atoms with van der Waals surface area (Å²) in [6.45, 7) is 8.26. The summed E-state index contributed by atoms with van der Waals surface area (Å²) in [6, 6.07) is 0. The summed E-state index contributed by atoms with van der Waals surface area (Å²) in [7, 11) is -3.08. The van der Waals surface area contributed by atoms with Crippen LogP contribution in [0.1, 0.15) is 33.1 Å². The molecule has 124 valence electrons. The molecule has 2 unspecified atom stereocenters. The lowest BCUT2D eigenvalue weighted by Gasteiger charge is -2.53. The molecule has 0 aromatic rings. The number of piperazine rings is 1. The first kappa shape index (κ1) is 17.1. The van der Waals surface area contributed by atoms with Crippen molar-refractivity contribution in [1.82, 2.24) is 9.21 Å². The van der Waals surface area contributed by atoms with Crippen LogP contribution in [0, 0.1) is 0 Å². The van der Waals surface area contributed by atoms with E-state index in [0.717, 1.165) is 39.0 Å². The van der Waals surface area contributed by atoms with Gasteiger partial charge in [0.2, 0.25) is 10.0 Å². The van der Waals surface area contributed by atoms with E-state index in [1.165, 1.54) is 6.26 Å². The molecule has 2 heterocycles. The predicted octanol–water partition coefficient (Wildman–Crippen LogP) is 0.240. The Morgan fingerprint density at radius 3 is 2.33 bits per heavy atom. The molecule has 0 aromatic heterocycles. The zero-order valence-corrected chi connectivity index (χ0v) is 14.3. The number of rotatable bonds is 4. The second-order valence-corrected chi connectivity index (χ2v) is 8.64. The van der Waals surface area contributed by atoms with Crippen LogP contribution >= 0.6 is 0 Å². The molecule has 0 bridgehead atoms. The molecule has 0 spiro atoms. The van der Waals surface area contributed by atoms with Gasteiger partial charge >= 0.3 is 0 Å². The summed E-state index contributed by atoms with van der Waals surface area (Å²) in [4.78, 5) is 2.39. The molecule has 0 aliphatic carbocycles. The average molecular weight is 319 g/mol. The Morgan fingerprint density at radius 2 is 1.86 bits per heavy atom. The third-order valence-electron chi connectivity index (χ3n) is 5.23. The second-order valence-electron chi connectivity index (χ2n) is 6.66. The van der Waals surface area contributed by atoms with Crippen molar-refractivity contribution < 1.29 is 13.2 Å². The van der Waals surface area contributed by atoms with Crippen LogP contribution in [0.3, 0.4) is 0 Å². The summed E-state index contributed by atoms with van der Waals surface area (Å²) in [5.41, 5.74) is 5.97. The Bertz CT molecular complexity index is 462. The van der Waals surface area contributed by atoms with Gasteiger partial charge in [0.25, 0.3) is 0 Å². The lowest BCUT2D eigenvalue weighted by Crippen LogP contribution is -2.65. The van der Waals surface area contributed by atoms with E-state index in [2.05, 4.69) is 18.7 Å².